The molecule has 0 aromatic heterocycles. The van der Waals surface area contributed by atoms with Crippen LogP contribution in [-0.2, 0) is 30.3 Å². The van der Waals surface area contributed by atoms with Crippen molar-refractivity contribution >= 4 is 23.8 Å². The Kier molecular flexibility index (Phi) is 9.16. The maximum absolute atomic E-state index is 14.8. The number of nitrogens with one attached hydrogen (secondary N) is 2. The van der Waals surface area contributed by atoms with E-state index in [1.807, 2.05) is 30.3 Å². The maximum atomic E-state index is 14.8. The molecule has 8 heteroatoms. The smallest absolute Gasteiger partial charge is 0.328 e. The highest BCUT2D eigenvalue weighted by atomic mass is 16.5. The molecule has 1 aromatic rings. The number of fused-ring (bicyclic) bond motifs is 7. The van der Waals surface area contributed by atoms with Gasteiger partial charge in [0, 0.05) is 18.4 Å². The molecule has 2 amide bonds. The van der Waals surface area contributed by atoms with Crippen molar-refractivity contribution in [2.75, 3.05) is 14.2 Å². The predicted molar refractivity (Wildman–Crippen MR) is 193 cm³/mol. The van der Waals surface area contributed by atoms with Gasteiger partial charge in [0.1, 0.15) is 6.04 Å². The van der Waals surface area contributed by atoms with Crippen molar-refractivity contribution in [1.82, 2.24) is 10.6 Å². The van der Waals surface area contributed by atoms with Gasteiger partial charge in [0.25, 0.3) is 0 Å². The van der Waals surface area contributed by atoms with Crippen LogP contribution in [0.15, 0.2) is 42.0 Å². The van der Waals surface area contributed by atoms with E-state index >= 15 is 0 Å². The Balaban J connectivity index is 1.25. The summed E-state index contributed by atoms with van der Waals surface area (Å²) in [6.45, 7) is 16.1. The Morgan fingerprint density at radius 3 is 2.20 bits per heavy atom. The molecule has 4 unspecified atom stereocenters. The molecule has 5 aliphatic rings. The Labute approximate surface area is 299 Å². The number of allylic oxidation sites excluding steroid dienone is 2. The van der Waals surface area contributed by atoms with E-state index in [1.165, 1.54) is 19.8 Å². The molecule has 0 heterocycles. The molecule has 0 saturated heterocycles. The van der Waals surface area contributed by atoms with Gasteiger partial charge in [0.15, 0.2) is 5.78 Å². The molecule has 0 spiro atoms. The van der Waals surface area contributed by atoms with Crippen molar-refractivity contribution in [3.63, 3.8) is 0 Å². The van der Waals surface area contributed by atoms with Crippen LogP contribution in [0, 0.1) is 50.2 Å². The van der Waals surface area contributed by atoms with Gasteiger partial charge >= 0.3 is 18.0 Å². The SMILES string of the molecule is COC(=O)[C@H](Cc1ccccc1)NC(=O)NC1CC[C@@]2(C)C(CC[C@]3(C)C2C(=O)C=C2C4C[C@@](C)(C(=O)OC)CC[C@]4(C)CC[C@]23C)C1(C)C. The normalized spacial score (nSPS) is 40.7. The van der Waals surface area contributed by atoms with Gasteiger partial charge in [-0.2, -0.15) is 0 Å². The number of amides is 2. The number of ketones is 1. The molecular formula is C42H60N2O6. The van der Waals surface area contributed by atoms with E-state index in [9.17, 15) is 19.2 Å². The predicted octanol–water partition coefficient (Wildman–Crippen LogP) is 7.59. The molecule has 1 aromatic carbocycles. The summed E-state index contributed by atoms with van der Waals surface area (Å²) in [4.78, 5) is 54.0. The second-order valence-corrected chi connectivity index (χ2v) is 18.5. The Bertz CT molecular complexity index is 1570. The molecule has 0 bridgehead atoms. The first-order valence-corrected chi connectivity index (χ1v) is 18.9. The number of hydrogen-bond acceptors (Lipinski definition) is 6. The van der Waals surface area contributed by atoms with Gasteiger partial charge in [-0.1, -0.05) is 77.4 Å². The van der Waals surface area contributed by atoms with Crippen LogP contribution in [0.2, 0.25) is 0 Å². The van der Waals surface area contributed by atoms with E-state index in [1.54, 1.807) is 0 Å². The summed E-state index contributed by atoms with van der Waals surface area (Å²) >= 11 is 0. The molecule has 50 heavy (non-hydrogen) atoms. The Morgan fingerprint density at radius 1 is 0.860 bits per heavy atom. The highest BCUT2D eigenvalue weighted by molar-refractivity contribution is 5.96. The number of hydrogen-bond donors (Lipinski definition) is 2. The largest absolute Gasteiger partial charge is 0.469 e. The van der Waals surface area contributed by atoms with Gasteiger partial charge in [-0.15, -0.1) is 0 Å². The molecule has 4 fully saturated rings. The first-order valence-electron chi connectivity index (χ1n) is 18.9. The van der Waals surface area contributed by atoms with Crippen LogP contribution in [0.25, 0.3) is 0 Å². The van der Waals surface area contributed by atoms with Crippen molar-refractivity contribution in [3.8, 4) is 0 Å². The van der Waals surface area contributed by atoms with E-state index in [4.69, 9.17) is 9.47 Å². The lowest BCUT2D eigenvalue weighted by Gasteiger charge is -2.70. The van der Waals surface area contributed by atoms with Gasteiger partial charge in [-0.3, -0.25) is 9.59 Å². The zero-order chi connectivity index (χ0) is 36.5. The fourth-order valence-corrected chi connectivity index (χ4v) is 12.4. The zero-order valence-electron chi connectivity index (χ0n) is 31.9. The number of carbonyl (C=O) groups excluding carboxylic acids is 4. The van der Waals surface area contributed by atoms with E-state index in [0.717, 1.165) is 63.4 Å². The average Bonchev–Trinajstić information content (AvgIpc) is 3.07. The van der Waals surface area contributed by atoms with Gasteiger partial charge < -0.3 is 20.1 Å². The molecule has 0 aliphatic heterocycles. The van der Waals surface area contributed by atoms with Crippen LogP contribution in [0.4, 0.5) is 4.79 Å². The van der Waals surface area contributed by atoms with Crippen LogP contribution in [0.1, 0.15) is 112 Å². The lowest BCUT2D eigenvalue weighted by atomic mass is 9.33. The minimum absolute atomic E-state index is 0.0731. The van der Waals surface area contributed by atoms with Crippen molar-refractivity contribution in [2.24, 2.45) is 50.2 Å². The molecule has 6 rings (SSSR count). The van der Waals surface area contributed by atoms with Crippen LogP contribution in [-0.4, -0.2) is 50.1 Å². The third kappa shape index (κ3) is 5.53. The van der Waals surface area contributed by atoms with Crippen LogP contribution >= 0.6 is 0 Å². The molecule has 0 radical (unpaired) electrons. The summed E-state index contributed by atoms with van der Waals surface area (Å²) in [6, 6.07) is 8.32. The van der Waals surface area contributed by atoms with Crippen LogP contribution in [0.3, 0.4) is 0 Å². The molecule has 10 atom stereocenters. The number of urea groups is 1. The number of methoxy groups -OCH3 is 2. The van der Waals surface area contributed by atoms with Gasteiger partial charge in [-0.05, 0) is 115 Å². The maximum Gasteiger partial charge on any atom is 0.328 e. The number of carbonyl (C=O) groups is 4. The molecule has 274 valence electrons. The first-order chi connectivity index (χ1) is 23.4. The topological polar surface area (TPSA) is 111 Å². The number of ether oxygens (including phenoxy) is 2. The lowest BCUT2D eigenvalue weighted by Crippen LogP contribution is -2.68. The third-order valence-electron chi connectivity index (χ3n) is 15.7. The quantitative estimate of drug-likeness (QED) is 0.298. The third-order valence-corrected chi connectivity index (χ3v) is 15.7. The summed E-state index contributed by atoms with van der Waals surface area (Å²) in [5, 5.41) is 6.17. The Hall–Kier alpha value is -3.16. The van der Waals surface area contributed by atoms with E-state index < -0.39 is 17.4 Å². The minimum atomic E-state index is -0.802. The summed E-state index contributed by atoms with van der Waals surface area (Å²) in [5.74, 6) is -0.0769. The van der Waals surface area contributed by atoms with Crippen molar-refractivity contribution in [2.45, 2.75) is 125 Å². The zero-order valence-corrected chi connectivity index (χ0v) is 31.9. The summed E-state index contributed by atoms with van der Waals surface area (Å²) in [5.41, 5.74) is 0.892. The molecule has 2 N–H and O–H groups in total. The highest BCUT2D eigenvalue weighted by Crippen LogP contribution is 2.75. The van der Waals surface area contributed by atoms with Gasteiger partial charge in [0.05, 0.1) is 19.6 Å². The second kappa shape index (κ2) is 12.5. The van der Waals surface area contributed by atoms with E-state index in [2.05, 4.69) is 65.2 Å². The standard InChI is InChI=1S/C42H60N2O6/c1-37(2)31-15-18-42(7)33(30(45)24-27-28-25-39(4,35(47)50-9)20-19-38(28,3)21-22-41(27,42)6)40(31,5)17-16-32(37)44-36(48)43-29(34(46)49-8)23-26-13-11-10-12-14-26/h10-14,24,28-29,31-33H,15-23,25H2,1-9H3,(H2,43,44,48)/t28?,29-,31?,32?,33?,38+,39-,40-,41+,42+/m0/s1. The highest BCUT2D eigenvalue weighted by Gasteiger charge is 2.70. The summed E-state index contributed by atoms with van der Waals surface area (Å²) in [7, 11) is 2.83. The van der Waals surface area contributed by atoms with Crippen molar-refractivity contribution < 1.29 is 28.7 Å². The van der Waals surface area contributed by atoms with Crippen LogP contribution < -0.4 is 10.6 Å². The molecular weight excluding hydrogens is 628 g/mol. The Morgan fingerprint density at radius 2 is 1.54 bits per heavy atom. The second-order valence-electron chi connectivity index (χ2n) is 18.5. The van der Waals surface area contributed by atoms with Crippen molar-refractivity contribution in [3.05, 3.63) is 47.5 Å². The van der Waals surface area contributed by atoms with Crippen LogP contribution in [0.5, 0.6) is 0 Å². The van der Waals surface area contributed by atoms with E-state index in [-0.39, 0.29) is 68.7 Å². The number of esters is 2. The average molecular weight is 689 g/mol. The summed E-state index contributed by atoms with van der Waals surface area (Å²) < 4.78 is 10.3. The first kappa shape index (κ1) is 36.6. The van der Waals surface area contributed by atoms with Gasteiger partial charge in [-0.25, -0.2) is 9.59 Å². The summed E-state index contributed by atoms with van der Waals surface area (Å²) in [6.07, 6.45) is 10.6. The van der Waals surface area contributed by atoms with Crippen molar-refractivity contribution in [1.29, 1.82) is 0 Å². The number of rotatable bonds is 6. The fourth-order valence-electron chi connectivity index (χ4n) is 12.4. The van der Waals surface area contributed by atoms with Gasteiger partial charge in [0.2, 0.25) is 0 Å². The number of benzene rings is 1. The lowest BCUT2D eigenvalue weighted by molar-refractivity contribution is -0.189. The molecule has 8 nitrogen and oxygen atoms in total. The fraction of sp³-hybridized carbons (Fsp3) is 0.714. The molecule has 5 aliphatic carbocycles. The minimum Gasteiger partial charge on any atom is -0.469 e. The monoisotopic (exact) mass is 688 g/mol. The molecule has 4 saturated carbocycles. The van der Waals surface area contributed by atoms with E-state index in [0.29, 0.717) is 6.42 Å².